The van der Waals surface area contributed by atoms with Gasteiger partial charge in [-0.2, -0.15) is 0 Å². The molecule has 0 aromatic carbocycles. The Kier molecular flexibility index (Phi) is 2.93. The van der Waals surface area contributed by atoms with Gasteiger partial charge in [-0.05, 0) is 25.3 Å². The number of piperidine rings is 1. The summed E-state index contributed by atoms with van der Waals surface area (Å²) in [6.07, 6.45) is 5.49. The van der Waals surface area contributed by atoms with E-state index in [1.807, 2.05) is 6.07 Å². The second-order valence-corrected chi connectivity index (χ2v) is 3.54. The molecule has 0 spiro atoms. The Bertz CT molecular complexity index is 297. The van der Waals surface area contributed by atoms with Gasteiger partial charge in [0, 0.05) is 19.3 Å². The lowest BCUT2D eigenvalue weighted by atomic mass is 10.1. The van der Waals surface area contributed by atoms with Gasteiger partial charge in [-0.25, -0.2) is 9.97 Å². The van der Waals surface area contributed by atoms with E-state index in [2.05, 4.69) is 14.9 Å². The molecule has 0 bridgehead atoms. The van der Waals surface area contributed by atoms with E-state index in [0.29, 0.717) is 5.82 Å². The van der Waals surface area contributed by atoms with E-state index in [1.54, 1.807) is 6.20 Å². The molecule has 0 atom stereocenters. The van der Waals surface area contributed by atoms with Crippen molar-refractivity contribution in [2.24, 2.45) is 0 Å². The summed E-state index contributed by atoms with van der Waals surface area (Å²) in [5, 5.41) is 8.92. The molecule has 1 N–H and O–H groups in total. The summed E-state index contributed by atoms with van der Waals surface area (Å²) >= 11 is 0. The van der Waals surface area contributed by atoms with Crippen LogP contribution in [0.15, 0.2) is 12.3 Å². The molecule has 0 saturated carbocycles. The molecule has 1 aliphatic rings. The first kappa shape index (κ1) is 9.40. The SMILES string of the molecule is OCc1nccc(N2CCCCC2)n1. The second kappa shape index (κ2) is 4.37. The average molecular weight is 193 g/mol. The van der Waals surface area contributed by atoms with Gasteiger partial charge in [0.2, 0.25) is 0 Å². The molecule has 0 unspecified atom stereocenters. The van der Waals surface area contributed by atoms with Crippen LogP contribution in [0.2, 0.25) is 0 Å². The predicted molar refractivity (Wildman–Crippen MR) is 54.0 cm³/mol. The van der Waals surface area contributed by atoms with Crippen molar-refractivity contribution >= 4 is 5.82 Å². The zero-order valence-corrected chi connectivity index (χ0v) is 8.19. The van der Waals surface area contributed by atoms with Crippen LogP contribution in [-0.4, -0.2) is 28.2 Å². The Morgan fingerprint density at radius 2 is 2.07 bits per heavy atom. The Morgan fingerprint density at radius 3 is 2.79 bits per heavy atom. The Labute approximate surface area is 83.6 Å². The van der Waals surface area contributed by atoms with Crippen LogP contribution >= 0.6 is 0 Å². The summed E-state index contributed by atoms with van der Waals surface area (Å²) < 4.78 is 0. The fourth-order valence-corrected chi connectivity index (χ4v) is 1.76. The van der Waals surface area contributed by atoms with Gasteiger partial charge >= 0.3 is 0 Å². The van der Waals surface area contributed by atoms with Crippen LogP contribution < -0.4 is 4.90 Å². The van der Waals surface area contributed by atoms with Gasteiger partial charge in [-0.1, -0.05) is 0 Å². The number of hydrogen-bond donors (Lipinski definition) is 1. The molecule has 0 radical (unpaired) electrons. The minimum Gasteiger partial charge on any atom is -0.388 e. The van der Waals surface area contributed by atoms with Crippen LogP contribution in [0.4, 0.5) is 5.82 Å². The molecule has 76 valence electrons. The zero-order valence-electron chi connectivity index (χ0n) is 8.19. The fraction of sp³-hybridized carbons (Fsp3) is 0.600. The molecule has 0 amide bonds. The lowest BCUT2D eigenvalue weighted by Crippen LogP contribution is -2.30. The predicted octanol–water partition coefficient (Wildman–Crippen LogP) is 0.959. The lowest BCUT2D eigenvalue weighted by Gasteiger charge is -2.27. The van der Waals surface area contributed by atoms with E-state index in [9.17, 15) is 0 Å². The summed E-state index contributed by atoms with van der Waals surface area (Å²) in [5.74, 6) is 1.46. The molecule has 4 heteroatoms. The van der Waals surface area contributed by atoms with Crippen molar-refractivity contribution in [1.82, 2.24) is 9.97 Å². The molecule has 0 aliphatic carbocycles. The third-order valence-corrected chi connectivity index (χ3v) is 2.51. The fourth-order valence-electron chi connectivity index (χ4n) is 1.76. The molecule has 1 aliphatic heterocycles. The normalized spacial score (nSPS) is 17.1. The number of aliphatic hydroxyl groups excluding tert-OH is 1. The standard InChI is InChI=1S/C10H15N3O/c14-8-9-11-5-4-10(12-9)13-6-2-1-3-7-13/h4-5,14H,1-3,6-8H2. The van der Waals surface area contributed by atoms with Crippen LogP contribution in [0.5, 0.6) is 0 Å². The average Bonchev–Trinajstić information content (AvgIpc) is 2.30. The molecule has 1 aromatic heterocycles. The van der Waals surface area contributed by atoms with Crippen molar-refractivity contribution in [1.29, 1.82) is 0 Å². The molecular formula is C10H15N3O. The highest BCUT2D eigenvalue weighted by atomic mass is 16.3. The van der Waals surface area contributed by atoms with Crippen LogP contribution in [-0.2, 0) is 6.61 Å². The number of rotatable bonds is 2. The number of nitrogens with zero attached hydrogens (tertiary/aromatic N) is 3. The molecule has 4 nitrogen and oxygen atoms in total. The molecule has 2 rings (SSSR count). The Morgan fingerprint density at radius 1 is 1.29 bits per heavy atom. The van der Waals surface area contributed by atoms with Crippen molar-refractivity contribution in [2.75, 3.05) is 18.0 Å². The number of anilines is 1. The highest BCUT2D eigenvalue weighted by Gasteiger charge is 2.12. The van der Waals surface area contributed by atoms with Crippen LogP contribution in [0.1, 0.15) is 25.1 Å². The minimum atomic E-state index is -0.0817. The molecule has 1 aromatic rings. The summed E-state index contributed by atoms with van der Waals surface area (Å²) in [4.78, 5) is 10.5. The van der Waals surface area contributed by atoms with Crippen molar-refractivity contribution in [3.8, 4) is 0 Å². The number of hydrogen-bond acceptors (Lipinski definition) is 4. The summed E-state index contributed by atoms with van der Waals surface area (Å²) in [6, 6.07) is 1.91. The maximum Gasteiger partial charge on any atom is 0.156 e. The largest absolute Gasteiger partial charge is 0.388 e. The van der Waals surface area contributed by atoms with Gasteiger partial charge in [0.15, 0.2) is 5.82 Å². The third kappa shape index (κ3) is 2.01. The van der Waals surface area contributed by atoms with Crippen LogP contribution in [0.25, 0.3) is 0 Å². The van der Waals surface area contributed by atoms with E-state index in [4.69, 9.17) is 5.11 Å². The highest BCUT2D eigenvalue weighted by Crippen LogP contribution is 2.16. The Hall–Kier alpha value is -1.16. The van der Waals surface area contributed by atoms with Gasteiger partial charge in [0.25, 0.3) is 0 Å². The molecule has 2 heterocycles. The van der Waals surface area contributed by atoms with Gasteiger partial charge in [0.1, 0.15) is 12.4 Å². The third-order valence-electron chi connectivity index (χ3n) is 2.51. The van der Waals surface area contributed by atoms with Crippen molar-refractivity contribution in [3.05, 3.63) is 18.1 Å². The van der Waals surface area contributed by atoms with E-state index in [-0.39, 0.29) is 6.61 Å². The van der Waals surface area contributed by atoms with Crippen LogP contribution in [0.3, 0.4) is 0 Å². The quantitative estimate of drug-likeness (QED) is 0.760. The van der Waals surface area contributed by atoms with Crippen molar-refractivity contribution < 1.29 is 5.11 Å². The smallest absolute Gasteiger partial charge is 0.156 e. The molecule has 14 heavy (non-hydrogen) atoms. The minimum absolute atomic E-state index is 0.0817. The van der Waals surface area contributed by atoms with E-state index >= 15 is 0 Å². The van der Waals surface area contributed by atoms with E-state index < -0.39 is 0 Å². The molecular weight excluding hydrogens is 178 g/mol. The van der Waals surface area contributed by atoms with Gasteiger partial charge in [-0.15, -0.1) is 0 Å². The zero-order chi connectivity index (χ0) is 9.80. The first-order valence-electron chi connectivity index (χ1n) is 5.08. The summed E-state index contributed by atoms with van der Waals surface area (Å²) in [5.41, 5.74) is 0. The lowest BCUT2D eigenvalue weighted by molar-refractivity contribution is 0.271. The van der Waals surface area contributed by atoms with Gasteiger partial charge in [-0.3, -0.25) is 0 Å². The first-order chi connectivity index (χ1) is 6.90. The maximum absolute atomic E-state index is 8.92. The summed E-state index contributed by atoms with van der Waals surface area (Å²) in [7, 11) is 0. The van der Waals surface area contributed by atoms with Gasteiger partial charge in [0.05, 0.1) is 0 Å². The Balaban J connectivity index is 2.13. The highest BCUT2D eigenvalue weighted by molar-refractivity contribution is 5.37. The van der Waals surface area contributed by atoms with E-state index in [1.165, 1.54) is 19.3 Å². The van der Waals surface area contributed by atoms with Crippen molar-refractivity contribution in [2.45, 2.75) is 25.9 Å². The van der Waals surface area contributed by atoms with Crippen LogP contribution in [0, 0.1) is 0 Å². The number of aliphatic hydroxyl groups is 1. The first-order valence-corrected chi connectivity index (χ1v) is 5.08. The second-order valence-electron chi connectivity index (χ2n) is 3.54. The maximum atomic E-state index is 8.92. The summed E-state index contributed by atoms with van der Waals surface area (Å²) in [6.45, 7) is 2.06. The molecule has 1 fully saturated rings. The molecule has 1 saturated heterocycles. The van der Waals surface area contributed by atoms with Gasteiger partial charge < -0.3 is 10.0 Å². The van der Waals surface area contributed by atoms with Crippen molar-refractivity contribution in [3.63, 3.8) is 0 Å². The number of aromatic nitrogens is 2. The monoisotopic (exact) mass is 193 g/mol. The van der Waals surface area contributed by atoms with E-state index in [0.717, 1.165) is 18.9 Å². The topological polar surface area (TPSA) is 49.3 Å².